The van der Waals surface area contributed by atoms with Crippen LogP contribution < -0.4 is 15.8 Å². The van der Waals surface area contributed by atoms with Crippen LogP contribution in [0.3, 0.4) is 0 Å². The van der Waals surface area contributed by atoms with Crippen LogP contribution >= 0.6 is 0 Å². The smallest absolute Gasteiger partial charge is 0.123 e. The van der Waals surface area contributed by atoms with E-state index in [4.69, 9.17) is 10.5 Å². The van der Waals surface area contributed by atoms with Gasteiger partial charge in [0, 0.05) is 30.1 Å². The highest BCUT2D eigenvalue weighted by atomic mass is 16.5. The van der Waals surface area contributed by atoms with E-state index in [2.05, 4.69) is 31.2 Å². The average molecular weight is 265 g/mol. The van der Waals surface area contributed by atoms with E-state index in [1.54, 1.807) is 0 Å². The van der Waals surface area contributed by atoms with Crippen LogP contribution in [0.4, 0.5) is 11.4 Å². The van der Waals surface area contributed by atoms with E-state index in [0.29, 0.717) is 0 Å². The zero-order valence-electron chi connectivity index (χ0n) is 12.4. The molecular weight excluding hydrogens is 238 g/mol. The molecule has 0 bridgehead atoms. The molecule has 0 heterocycles. The summed E-state index contributed by atoms with van der Waals surface area (Å²) in [6.45, 7) is 4.91. The molecule has 0 fully saturated rings. The van der Waals surface area contributed by atoms with Crippen LogP contribution in [0.5, 0.6) is 5.75 Å². The number of rotatable bonds is 9. The number of hydrogen-bond donors (Lipinski definition) is 2. The Kier molecular flexibility index (Phi) is 7.11. The molecule has 0 saturated heterocycles. The van der Waals surface area contributed by atoms with E-state index < -0.39 is 0 Å². The van der Waals surface area contributed by atoms with Crippen LogP contribution in [0, 0.1) is 0 Å². The van der Waals surface area contributed by atoms with Gasteiger partial charge in [-0.2, -0.15) is 0 Å². The molecule has 108 valence electrons. The van der Waals surface area contributed by atoms with Gasteiger partial charge in [0.25, 0.3) is 0 Å². The first-order chi connectivity index (χ1) is 9.11. The molecule has 0 aliphatic carbocycles. The molecule has 0 aliphatic rings. The van der Waals surface area contributed by atoms with Gasteiger partial charge in [-0.15, -0.1) is 0 Å². The maximum absolute atomic E-state index is 5.87. The fourth-order valence-electron chi connectivity index (χ4n) is 1.81. The Morgan fingerprint density at radius 3 is 2.68 bits per heavy atom. The number of nitrogens with one attached hydrogen (secondary N) is 1. The van der Waals surface area contributed by atoms with Crippen LogP contribution in [-0.4, -0.2) is 38.7 Å². The predicted octanol–water partition coefficient (Wildman–Crippen LogP) is 2.81. The Hall–Kier alpha value is -1.42. The largest absolute Gasteiger partial charge is 0.493 e. The SMILES string of the molecule is CCCOc1cc(N)cc(NCCCCN(C)C)c1. The van der Waals surface area contributed by atoms with Gasteiger partial charge in [-0.1, -0.05) is 6.92 Å². The summed E-state index contributed by atoms with van der Waals surface area (Å²) in [5.74, 6) is 0.845. The first-order valence-corrected chi connectivity index (χ1v) is 7.03. The van der Waals surface area contributed by atoms with Crippen molar-refractivity contribution in [2.24, 2.45) is 0 Å². The third-order valence-electron chi connectivity index (χ3n) is 2.76. The molecule has 1 aromatic carbocycles. The van der Waals surface area contributed by atoms with E-state index in [0.717, 1.165) is 49.7 Å². The van der Waals surface area contributed by atoms with Gasteiger partial charge in [-0.3, -0.25) is 0 Å². The molecule has 1 aromatic rings. The van der Waals surface area contributed by atoms with Gasteiger partial charge in [-0.05, 0) is 46.0 Å². The number of hydrogen-bond acceptors (Lipinski definition) is 4. The van der Waals surface area contributed by atoms with Crippen molar-refractivity contribution < 1.29 is 4.74 Å². The van der Waals surface area contributed by atoms with Crippen molar-refractivity contribution in [2.75, 3.05) is 44.8 Å². The van der Waals surface area contributed by atoms with Crippen molar-refractivity contribution in [1.82, 2.24) is 4.90 Å². The molecule has 4 nitrogen and oxygen atoms in total. The first-order valence-electron chi connectivity index (χ1n) is 7.03. The molecule has 0 unspecified atom stereocenters. The standard InChI is InChI=1S/C15H27N3O/c1-4-9-19-15-11-13(16)10-14(12-15)17-7-5-6-8-18(2)3/h10-12,17H,4-9,16H2,1-3H3. The van der Waals surface area contributed by atoms with Gasteiger partial charge < -0.3 is 20.7 Å². The minimum Gasteiger partial charge on any atom is -0.493 e. The second-order valence-corrected chi connectivity index (χ2v) is 5.08. The van der Waals surface area contributed by atoms with Crippen LogP contribution in [0.1, 0.15) is 26.2 Å². The second kappa shape index (κ2) is 8.64. The molecule has 0 spiro atoms. The van der Waals surface area contributed by atoms with Gasteiger partial charge in [0.15, 0.2) is 0 Å². The Labute approximate surface area is 116 Å². The Morgan fingerprint density at radius 1 is 1.21 bits per heavy atom. The third-order valence-corrected chi connectivity index (χ3v) is 2.76. The molecule has 0 radical (unpaired) electrons. The molecular formula is C15H27N3O. The van der Waals surface area contributed by atoms with Crippen LogP contribution in [-0.2, 0) is 0 Å². The lowest BCUT2D eigenvalue weighted by atomic mass is 10.2. The molecule has 0 amide bonds. The summed E-state index contributed by atoms with van der Waals surface area (Å²) in [5.41, 5.74) is 7.65. The zero-order chi connectivity index (χ0) is 14.1. The molecule has 4 heteroatoms. The summed E-state index contributed by atoms with van der Waals surface area (Å²) < 4.78 is 5.61. The van der Waals surface area contributed by atoms with Gasteiger partial charge in [0.2, 0.25) is 0 Å². The molecule has 0 saturated carbocycles. The third kappa shape index (κ3) is 6.91. The van der Waals surface area contributed by atoms with Crippen molar-refractivity contribution >= 4 is 11.4 Å². The second-order valence-electron chi connectivity index (χ2n) is 5.08. The Bertz CT molecular complexity index is 366. The zero-order valence-corrected chi connectivity index (χ0v) is 12.4. The predicted molar refractivity (Wildman–Crippen MR) is 82.9 cm³/mol. The summed E-state index contributed by atoms with van der Waals surface area (Å²) in [5, 5.41) is 3.40. The Balaban J connectivity index is 2.38. The summed E-state index contributed by atoms with van der Waals surface area (Å²) in [6, 6.07) is 5.83. The lowest BCUT2D eigenvalue weighted by molar-refractivity contribution is 0.318. The van der Waals surface area contributed by atoms with E-state index in [-0.39, 0.29) is 0 Å². The number of benzene rings is 1. The normalized spacial score (nSPS) is 10.7. The van der Waals surface area contributed by atoms with E-state index >= 15 is 0 Å². The molecule has 0 atom stereocenters. The van der Waals surface area contributed by atoms with E-state index in [9.17, 15) is 0 Å². The van der Waals surface area contributed by atoms with Crippen LogP contribution in [0.25, 0.3) is 0 Å². The number of ether oxygens (including phenoxy) is 1. The highest BCUT2D eigenvalue weighted by Gasteiger charge is 2.00. The number of unbranched alkanes of at least 4 members (excludes halogenated alkanes) is 1. The molecule has 1 rings (SSSR count). The average Bonchev–Trinajstić information content (AvgIpc) is 2.35. The maximum atomic E-state index is 5.87. The highest BCUT2D eigenvalue weighted by Crippen LogP contribution is 2.22. The molecule has 0 aromatic heterocycles. The Morgan fingerprint density at radius 2 is 2.00 bits per heavy atom. The van der Waals surface area contributed by atoms with Crippen molar-refractivity contribution in [3.8, 4) is 5.75 Å². The molecule has 0 aliphatic heterocycles. The number of anilines is 2. The topological polar surface area (TPSA) is 50.5 Å². The van der Waals surface area contributed by atoms with Crippen molar-refractivity contribution in [3.63, 3.8) is 0 Å². The quantitative estimate of drug-likeness (QED) is 0.532. The van der Waals surface area contributed by atoms with Crippen molar-refractivity contribution in [1.29, 1.82) is 0 Å². The van der Waals surface area contributed by atoms with Gasteiger partial charge >= 0.3 is 0 Å². The minimum atomic E-state index is 0.728. The van der Waals surface area contributed by atoms with Crippen LogP contribution in [0.15, 0.2) is 18.2 Å². The van der Waals surface area contributed by atoms with Crippen molar-refractivity contribution in [2.45, 2.75) is 26.2 Å². The lowest BCUT2D eigenvalue weighted by Crippen LogP contribution is -2.14. The van der Waals surface area contributed by atoms with Gasteiger partial charge in [-0.25, -0.2) is 0 Å². The van der Waals surface area contributed by atoms with Crippen molar-refractivity contribution in [3.05, 3.63) is 18.2 Å². The first kappa shape index (κ1) is 15.6. The highest BCUT2D eigenvalue weighted by molar-refractivity contribution is 5.59. The van der Waals surface area contributed by atoms with Crippen LogP contribution in [0.2, 0.25) is 0 Å². The van der Waals surface area contributed by atoms with Gasteiger partial charge in [0.1, 0.15) is 5.75 Å². The fraction of sp³-hybridized carbons (Fsp3) is 0.600. The lowest BCUT2D eigenvalue weighted by Gasteiger charge is -2.12. The summed E-state index contributed by atoms with van der Waals surface area (Å²) in [6.07, 6.45) is 3.35. The number of nitrogens with two attached hydrogens (primary N) is 1. The van der Waals surface area contributed by atoms with E-state index in [1.807, 2.05) is 18.2 Å². The van der Waals surface area contributed by atoms with Gasteiger partial charge in [0.05, 0.1) is 6.61 Å². The fourth-order valence-corrected chi connectivity index (χ4v) is 1.81. The molecule has 3 N–H and O–H groups in total. The van der Waals surface area contributed by atoms with E-state index in [1.165, 1.54) is 6.42 Å². The monoisotopic (exact) mass is 265 g/mol. The summed E-state index contributed by atoms with van der Waals surface area (Å²) in [7, 11) is 4.20. The minimum absolute atomic E-state index is 0.728. The summed E-state index contributed by atoms with van der Waals surface area (Å²) >= 11 is 0. The maximum Gasteiger partial charge on any atom is 0.123 e. The summed E-state index contributed by atoms with van der Waals surface area (Å²) in [4.78, 5) is 2.21. The number of nitrogens with zero attached hydrogens (tertiary/aromatic N) is 1. The molecule has 19 heavy (non-hydrogen) atoms. The number of nitrogen functional groups attached to an aromatic ring is 1.